The largest absolute Gasteiger partial charge is 0.227 e. The molecule has 0 aromatic rings. The van der Waals surface area contributed by atoms with Crippen molar-refractivity contribution in [3.05, 3.63) is 0 Å². The molecule has 1 aliphatic rings. The van der Waals surface area contributed by atoms with E-state index in [0.717, 1.165) is 12.8 Å². The van der Waals surface area contributed by atoms with Crippen molar-refractivity contribution in [3.63, 3.8) is 0 Å². The van der Waals surface area contributed by atoms with Crippen molar-refractivity contribution in [2.24, 2.45) is 5.92 Å². The van der Waals surface area contributed by atoms with Gasteiger partial charge in [0.2, 0.25) is 0 Å². The van der Waals surface area contributed by atoms with Crippen LogP contribution in [0.25, 0.3) is 0 Å². The van der Waals surface area contributed by atoms with Crippen LogP contribution in [0.5, 0.6) is 0 Å². The maximum atomic E-state index is 11.9. The first-order valence-corrected chi connectivity index (χ1v) is 6.58. The maximum absolute atomic E-state index is 11.9. The molecule has 0 unspecified atom stereocenters. The number of rotatable bonds is 2. The standard InChI is InChI=1S/C11H18O2S/c1-9(2)7-8-11(3,4)14(12,13)10-5-6-10/h9-10H,5-6H2,1-4H3. The smallest absolute Gasteiger partial charge is 0.169 e. The van der Waals surface area contributed by atoms with E-state index in [0.29, 0.717) is 0 Å². The van der Waals surface area contributed by atoms with Gasteiger partial charge in [-0.15, -0.1) is 0 Å². The Hall–Kier alpha value is -0.490. The van der Waals surface area contributed by atoms with Crippen LogP contribution in [0.2, 0.25) is 0 Å². The molecule has 1 saturated carbocycles. The monoisotopic (exact) mass is 214 g/mol. The van der Waals surface area contributed by atoms with E-state index in [9.17, 15) is 8.42 Å². The molecule has 0 amide bonds. The molecule has 1 aliphatic carbocycles. The summed E-state index contributed by atoms with van der Waals surface area (Å²) < 4.78 is 23.0. The molecule has 0 spiro atoms. The molecule has 1 fully saturated rings. The molecule has 0 aromatic heterocycles. The van der Waals surface area contributed by atoms with Crippen molar-refractivity contribution in [1.82, 2.24) is 0 Å². The molecule has 0 aromatic carbocycles. The van der Waals surface area contributed by atoms with Crippen molar-refractivity contribution in [2.75, 3.05) is 0 Å². The average Bonchev–Trinajstić information content (AvgIpc) is 2.82. The third-order valence-electron chi connectivity index (χ3n) is 2.34. The van der Waals surface area contributed by atoms with Crippen LogP contribution in [0.4, 0.5) is 0 Å². The fraction of sp³-hybridized carbons (Fsp3) is 0.818. The third-order valence-corrected chi connectivity index (χ3v) is 5.21. The van der Waals surface area contributed by atoms with Crippen LogP contribution in [-0.4, -0.2) is 18.4 Å². The van der Waals surface area contributed by atoms with E-state index in [4.69, 9.17) is 0 Å². The minimum atomic E-state index is -3.03. The van der Waals surface area contributed by atoms with Gasteiger partial charge in [-0.05, 0) is 26.7 Å². The predicted molar refractivity (Wildman–Crippen MR) is 58.6 cm³/mol. The second-order valence-electron chi connectivity index (χ2n) is 4.68. The van der Waals surface area contributed by atoms with E-state index in [2.05, 4.69) is 11.8 Å². The zero-order chi connectivity index (χ0) is 11.0. The highest BCUT2D eigenvalue weighted by Gasteiger charge is 2.45. The fourth-order valence-electron chi connectivity index (χ4n) is 1.18. The Morgan fingerprint density at radius 3 is 2.14 bits per heavy atom. The van der Waals surface area contributed by atoms with Gasteiger partial charge in [-0.2, -0.15) is 0 Å². The quantitative estimate of drug-likeness (QED) is 0.659. The molecule has 3 heteroatoms. The normalized spacial score (nSPS) is 17.8. The summed E-state index contributed by atoms with van der Waals surface area (Å²) in [7, 11) is -3.03. The van der Waals surface area contributed by atoms with E-state index in [1.54, 1.807) is 13.8 Å². The van der Waals surface area contributed by atoms with Gasteiger partial charge in [0.05, 0.1) is 5.25 Å². The second-order valence-corrected chi connectivity index (χ2v) is 7.46. The maximum Gasteiger partial charge on any atom is 0.169 e. The lowest BCUT2D eigenvalue weighted by molar-refractivity contribution is 0.573. The summed E-state index contributed by atoms with van der Waals surface area (Å²) in [5, 5.41) is -0.126. The van der Waals surface area contributed by atoms with E-state index in [1.165, 1.54) is 0 Å². The first-order valence-electron chi connectivity index (χ1n) is 5.03. The predicted octanol–water partition coefficient (Wildman–Crippen LogP) is 2.00. The van der Waals surface area contributed by atoms with Gasteiger partial charge in [0.1, 0.15) is 4.75 Å². The molecule has 80 valence electrons. The summed E-state index contributed by atoms with van der Waals surface area (Å²) in [4.78, 5) is 0. The van der Waals surface area contributed by atoms with Crippen LogP contribution < -0.4 is 0 Å². The Morgan fingerprint density at radius 1 is 1.29 bits per heavy atom. The Bertz CT molecular complexity index is 362. The van der Waals surface area contributed by atoms with Gasteiger partial charge < -0.3 is 0 Å². The Morgan fingerprint density at radius 2 is 1.79 bits per heavy atom. The Labute approximate surface area is 87.0 Å². The van der Waals surface area contributed by atoms with Gasteiger partial charge in [0.25, 0.3) is 0 Å². The first-order chi connectivity index (χ1) is 6.27. The van der Waals surface area contributed by atoms with E-state index < -0.39 is 14.6 Å². The number of sulfone groups is 1. The van der Waals surface area contributed by atoms with Crippen LogP contribution in [0, 0.1) is 17.8 Å². The summed E-state index contributed by atoms with van der Waals surface area (Å²) in [6.07, 6.45) is 1.63. The van der Waals surface area contributed by atoms with Gasteiger partial charge in [-0.1, -0.05) is 25.7 Å². The molecule has 0 heterocycles. The van der Waals surface area contributed by atoms with Crippen molar-refractivity contribution in [2.45, 2.75) is 50.5 Å². The van der Waals surface area contributed by atoms with E-state index in [1.807, 2.05) is 13.8 Å². The molecule has 0 aliphatic heterocycles. The molecule has 0 N–H and O–H groups in total. The molecule has 0 saturated heterocycles. The highest BCUT2D eigenvalue weighted by Crippen LogP contribution is 2.35. The van der Waals surface area contributed by atoms with Gasteiger partial charge in [-0.25, -0.2) is 8.42 Å². The van der Waals surface area contributed by atoms with Gasteiger partial charge in [-0.3, -0.25) is 0 Å². The molecular weight excluding hydrogens is 196 g/mol. The van der Waals surface area contributed by atoms with Crippen LogP contribution in [0.3, 0.4) is 0 Å². The lowest BCUT2D eigenvalue weighted by Gasteiger charge is -2.18. The summed E-state index contributed by atoms with van der Waals surface area (Å²) in [6, 6.07) is 0. The topological polar surface area (TPSA) is 34.1 Å². The minimum Gasteiger partial charge on any atom is -0.227 e. The first kappa shape index (κ1) is 11.6. The van der Waals surface area contributed by atoms with Crippen LogP contribution in [-0.2, 0) is 9.84 Å². The van der Waals surface area contributed by atoms with Crippen molar-refractivity contribution in [1.29, 1.82) is 0 Å². The SMILES string of the molecule is CC(C)C#CC(C)(C)S(=O)(=O)C1CC1. The lowest BCUT2D eigenvalue weighted by Crippen LogP contribution is -2.33. The number of hydrogen-bond donors (Lipinski definition) is 0. The van der Waals surface area contributed by atoms with E-state index in [-0.39, 0.29) is 11.2 Å². The summed E-state index contributed by atoms with van der Waals surface area (Å²) in [6.45, 7) is 7.34. The molecule has 2 nitrogen and oxygen atoms in total. The third kappa shape index (κ3) is 2.30. The van der Waals surface area contributed by atoms with Crippen LogP contribution in [0.1, 0.15) is 40.5 Å². The zero-order valence-corrected chi connectivity index (χ0v) is 10.1. The zero-order valence-electron chi connectivity index (χ0n) is 9.29. The lowest BCUT2D eigenvalue weighted by atomic mass is 10.1. The second kappa shape index (κ2) is 3.58. The number of hydrogen-bond acceptors (Lipinski definition) is 2. The highest BCUT2D eigenvalue weighted by atomic mass is 32.2. The fourth-order valence-corrected chi connectivity index (χ4v) is 2.98. The van der Waals surface area contributed by atoms with Crippen molar-refractivity contribution >= 4 is 9.84 Å². The van der Waals surface area contributed by atoms with Crippen molar-refractivity contribution < 1.29 is 8.42 Å². The minimum absolute atomic E-state index is 0.126. The molecular formula is C11H18O2S. The summed E-state index contributed by atoms with van der Waals surface area (Å²) in [5.74, 6) is 6.05. The molecule has 0 radical (unpaired) electrons. The molecule has 14 heavy (non-hydrogen) atoms. The molecule has 1 rings (SSSR count). The highest BCUT2D eigenvalue weighted by molar-refractivity contribution is 7.93. The van der Waals surface area contributed by atoms with Gasteiger partial charge >= 0.3 is 0 Å². The van der Waals surface area contributed by atoms with Crippen LogP contribution in [0.15, 0.2) is 0 Å². The molecule has 0 atom stereocenters. The summed E-state index contributed by atoms with van der Waals surface area (Å²) in [5.41, 5.74) is 0. The van der Waals surface area contributed by atoms with E-state index >= 15 is 0 Å². The Balaban J connectivity index is 2.91. The molecule has 0 bridgehead atoms. The average molecular weight is 214 g/mol. The van der Waals surface area contributed by atoms with Crippen molar-refractivity contribution in [3.8, 4) is 11.8 Å². The van der Waals surface area contributed by atoms with Crippen LogP contribution >= 0.6 is 0 Å². The van der Waals surface area contributed by atoms with Gasteiger partial charge in [0, 0.05) is 5.92 Å². The van der Waals surface area contributed by atoms with Gasteiger partial charge in [0.15, 0.2) is 9.84 Å². The summed E-state index contributed by atoms with van der Waals surface area (Å²) >= 11 is 0. The Kier molecular flexibility index (Phi) is 2.96.